The van der Waals surface area contributed by atoms with Crippen molar-refractivity contribution in [3.05, 3.63) is 34.9 Å². The normalized spacial score (nSPS) is 12.6. The number of nitrogens with zero attached hydrogens (tertiary/aromatic N) is 1. The van der Waals surface area contributed by atoms with Gasteiger partial charge in [-0.1, -0.05) is 213 Å². The van der Waals surface area contributed by atoms with Crippen molar-refractivity contribution in [2.24, 2.45) is 0 Å². The highest BCUT2D eigenvalue weighted by molar-refractivity contribution is 6.24. The molecule has 1 aromatic rings. The van der Waals surface area contributed by atoms with Crippen LogP contribution in [0, 0.1) is 0 Å². The fraction of sp³-hybridized carbons (Fsp3) is 0.800. The number of hydrogen-bond acceptors (Lipinski definition) is 3. The second-order valence-corrected chi connectivity index (χ2v) is 15.4. The van der Waals surface area contributed by atoms with E-state index in [2.05, 4.69) is 19.2 Å². The molecule has 5 heteroatoms. The average Bonchev–Trinajstić information content (AvgIpc) is 3.37. The summed E-state index contributed by atoms with van der Waals surface area (Å²) in [5.74, 6) is -0.800. The lowest BCUT2D eigenvalue weighted by atomic mass is 10.0. The van der Waals surface area contributed by atoms with E-state index in [-0.39, 0.29) is 17.7 Å². The highest BCUT2D eigenvalue weighted by Gasteiger charge is 2.38. The highest BCUT2D eigenvalue weighted by atomic mass is 16.2. The molecule has 1 aliphatic rings. The number of fused-ring (bicyclic) bond motifs is 1. The number of carbonyl (C=O) groups excluding carboxylic acids is 3. The molecule has 286 valence electrons. The monoisotopic (exact) mass is 695 g/mol. The molecule has 0 aliphatic carbocycles. The van der Waals surface area contributed by atoms with Crippen molar-refractivity contribution in [1.29, 1.82) is 0 Å². The van der Waals surface area contributed by atoms with E-state index in [9.17, 15) is 14.4 Å². The molecule has 0 atom stereocenters. The summed E-state index contributed by atoms with van der Waals surface area (Å²) in [6, 6.07) is 5.10. The van der Waals surface area contributed by atoms with Crippen LogP contribution in [0.5, 0.6) is 0 Å². The predicted octanol–water partition coefficient (Wildman–Crippen LogP) is 13.5. The van der Waals surface area contributed by atoms with Gasteiger partial charge in [0.15, 0.2) is 0 Å². The minimum Gasteiger partial charge on any atom is -0.352 e. The summed E-state index contributed by atoms with van der Waals surface area (Å²) in [4.78, 5) is 40.8. The van der Waals surface area contributed by atoms with E-state index >= 15 is 0 Å². The number of imide groups is 1. The van der Waals surface area contributed by atoms with E-state index in [1.54, 1.807) is 18.2 Å². The maximum atomic E-state index is 13.3. The third-order valence-electron chi connectivity index (χ3n) is 10.8. The van der Waals surface area contributed by atoms with Gasteiger partial charge in [-0.15, -0.1) is 0 Å². The van der Waals surface area contributed by atoms with Gasteiger partial charge in [-0.25, -0.2) is 0 Å². The molecule has 0 saturated heterocycles. The molecule has 3 amide bonds. The van der Waals surface area contributed by atoms with Crippen LogP contribution in [0.1, 0.15) is 250 Å². The van der Waals surface area contributed by atoms with Crippen molar-refractivity contribution >= 4 is 17.7 Å². The van der Waals surface area contributed by atoms with Crippen molar-refractivity contribution < 1.29 is 14.4 Å². The van der Waals surface area contributed by atoms with Crippen LogP contribution in [0.2, 0.25) is 0 Å². The Morgan fingerprint density at radius 3 is 1.24 bits per heavy atom. The Hall–Kier alpha value is -2.17. The van der Waals surface area contributed by atoms with Gasteiger partial charge >= 0.3 is 0 Å². The van der Waals surface area contributed by atoms with Crippen LogP contribution in [-0.2, 0) is 0 Å². The predicted molar refractivity (Wildman–Crippen MR) is 213 cm³/mol. The topological polar surface area (TPSA) is 66.5 Å². The van der Waals surface area contributed by atoms with Crippen molar-refractivity contribution in [1.82, 2.24) is 10.2 Å². The van der Waals surface area contributed by atoms with E-state index in [0.717, 1.165) is 32.1 Å². The first-order valence-corrected chi connectivity index (χ1v) is 21.9. The molecule has 0 unspecified atom stereocenters. The van der Waals surface area contributed by atoms with Crippen molar-refractivity contribution in [3.8, 4) is 0 Å². The lowest BCUT2D eigenvalue weighted by Crippen LogP contribution is -2.31. The van der Waals surface area contributed by atoms with Gasteiger partial charge in [0.25, 0.3) is 17.7 Å². The van der Waals surface area contributed by atoms with Gasteiger partial charge in [-0.05, 0) is 25.0 Å². The highest BCUT2D eigenvalue weighted by Crippen LogP contribution is 2.27. The van der Waals surface area contributed by atoms with Crippen LogP contribution < -0.4 is 5.32 Å². The van der Waals surface area contributed by atoms with Gasteiger partial charge < -0.3 is 5.32 Å². The van der Waals surface area contributed by atoms with Crippen molar-refractivity contribution in [3.63, 3.8) is 0 Å². The molecule has 2 rings (SSSR count). The molecule has 5 nitrogen and oxygen atoms in total. The third kappa shape index (κ3) is 19.4. The first-order valence-electron chi connectivity index (χ1n) is 21.9. The second kappa shape index (κ2) is 30.5. The molecule has 1 N–H and O–H groups in total. The maximum Gasteiger partial charge on any atom is 0.262 e. The average molecular weight is 695 g/mol. The second-order valence-electron chi connectivity index (χ2n) is 15.4. The number of hydrogen-bond donors (Lipinski definition) is 1. The van der Waals surface area contributed by atoms with E-state index in [1.807, 2.05) is 0 Å². The van der Waals surface area contributed by atoms with Crippen LogP contribution in [-0.4, -0.2) is 35.7 Å². The maximum absolute atomic E-state index is 13.3. The quantitative estimate of drug-likeness (QED) is 0.0568. The summed E-state index contributed by atoms with van der Waals surface area (Å²) in [6.45, 7) is 5.59. The zero-order valence-electron chi connectivity index (χ0n) is 32.9. The Bertz CT molecular complexity index is 1020. The molecule has 50 heavy (non-hydrogen) atoms. The summed E-state index contributed by atoms with van der Waals surface area (Å²) in [6.07, 6.45) is 41.8. The Kier molecular flexibility index (Phi) is 26.8. The third-order valence-corrected chi connectivity index (χ3v) is 10.8. The van der Waals surface area contributed by atoms with Gasteiger partial charge in [0.05, 0.1) is 16.7 Å². The smallest absolute Gasteiger partial charge is 0.262 e. The fourth-order valence-corrected chi connectivity index (χ4v) is 7.51. The molecule has 0 fully saturated rings. The van der Waals surface area contributed by atoms with E-state index in [4.69, 9.17) is 0 Å². The van der Waals surface area contributed by atoms with Crippen LogP contribution >= 0.6 is 0 Å². The lowest BCUT2D eigenvalue weighted by molar-refractivity contribution is 0.0649. The van der Waals surface area contributed by atoms with Crippen LogP contribution in [0.25, 0.3) is 0 Å². The molecular formula is C45H78N2O3. The summed E-state index contributed by atoms with van der Waals surface area (Å²) in [7, 11) is 0. The summed E-state index contributed by atoms with van der Waals surface area (Å²) < 4.78 is 0. The van der Waals surface area contributed by atoms with Crippen molar-refractivity contribution in [2.75, 3.05) is 13.1 Å². The molecule has 0 radical (unpaired) electrons. The first kappa shape index (κ1) is 44.0. The molecule has 0 spiro atoms. The van der Waals surface area contributed by atoms with Gasteiger partial charge in [0.2, 0.25) is 0 Å². The molecule has 1 aliphatic heterocycles. The Balaban J connectivity index is 1.49. The number of amides is 3. The molecule has 0 aromatic heterocycles. The number of rotatable bonds is 35. The Morgan fingerprint density at radius 1 is 0.480 bits per heavy atom. The van der Waals surface area contributed by atoms with E-state index in [1.165, 1.54) is 178 Å². The van der Waals surface area contributed by atoms with Gasteiger partial charge in [-0.3, -0.25) is 19.3 Å². The van der Waals surface area contributed by atoms with Crippen LogP contribution in [0.15, 0.2) is 18.2 Å². The minimum atomic E-state index is -0.306. The summed E-state index contributed by atoms with van der Waals surface area (Å²) >= 11 is 0. The zero-order chi connectivity index (χ0) is 35.9. The first-order chi connectivity index (χ1) is 24.6. The van der Waals surface area contributed by atoms with Gasteiger partial charge in [-0.2, -0.15) is 0 Å². The van der Waals surface area contributed by atoms with Crippen LogP contribution in [0.4, 0.5) is 0 Å². The number of benzene rings is 1. The molecule has 0 bridgehead atoms. The van der Waals surface area contributed by atoms with Gasteiger partial charge in [0.1, 0.15) is 0 Å². The number of carbonyl (C=O) groups is 3. The lowest BCUT2D eigenvalue weighted by Gasteiger charge is -2.14. The van der Waals surface area contributed by atoms with Gasteiger partial charge in [0, 0.05) is 13.1 Å². The van der Waals surface area contributed by atoms with Crippen molar-refractivity contribution in [2.45, 2.75) is 219 Å². The molecule has 1 aromatic carbocycles. The molecule has 1 heterocycles. The van der Waals surface area contributed by atoms with Crippen LogP contribution in [0.3, 0.4) is 0 Å². The standard InChI is InChI=1S/C45H78N2O3/c1-3-5-7-9-11-13-15-17-19-21-23-25-27-29-31-33-38-46-43(48)40-36-35-37-41-42(40)45(50)47(44(41)49)39-34-32-30-28-26-24-22-20-18-16-14-12-10-8-6-4-2/h35-37H,3-34,38-39H2,1-2H3,(H,46,48). The fourth-order valence-electron chi connectivity index (χ4n) is 7.51. The molecule has 0 saturated carbocycles. The Morgan fingerprint density at radius 2 is 0.840 bits per heavy atom. The number of nitrogens with one attached hydrogen (secondary N) is 1. The minimum absolute atomic E-state index is 0.242. The Labute approximate surface area is 308 Å². The van der Waals surface area contributed by atoms with E-state index < -0.39 is 0 Å². The SMILES string of the molecule is CCCCCCCCCCCCCCCCCCNC(=O)c1cccc2c1C(=O)N(CCCCCCCCCCCCCCCCCC)C2=O. The summed E-state index contributed by atoms with van der Waals surface area (Å²) in [5.41, 5.74) is 1.01. The number of unbranched alkanes of at least 4 members (excludes halogenated alkanes) is 30. The molecular weight excluding hydrogens is 617 g/mol. The summed E-state index contributed by atoms with van der Waals surface area (Å²) in [5, 5.41) is 3.01. The van der Waals surface area contributed by atoms with E-state index in [0.29, 0.717) is 29.8 Å². The largest absolute Gasteiger partial charge is 0.352 e. The zero-order valence-corrected chi connectivity index (χ0v) is 32.9.